The molecule has 104 valence electrons. The highest BCUT2D eigenvalue weighted by Gasteiger charge is 2.26. The van der Waals surface area contributed by atoms with E-state index in [2.05, 4.69) is 4.90 Å². The van der Waals surface area contributed by atoms with Gasteiger partial charge in [-0.25, -0.2) is 4.39 Å². The van der Waals surface area contributed by atoms with E-state index in [-0.39, 0.29) is 12.6 Å². The lowest BCUT2D eigenvalue weighted by molar-refractivity contribution is -0.130. The normalized spacial score (nSPS) is 18.6. The highest BCUT2D eigenvalue weighted by atomic mass is 19.1. The van der Waals surface area contributed by atoms with Crippen LogP contribution >= 0.6 is 0 Å². The molecule has 1 amide bonds. The Balaban J connectivity index is 2.54. The molecule has 0 spiro atoms. The van der Waals surface area contributed by atoms with Crippen molar-refractivity contribution in [2.24, 2.45) is 0 Å². The SMILES string of the molecule is CCC(CO)N1CCN(C(=O)C(F)=C(C)C)CC1. The van der Waals surface area contributed by atoms with E-state index in [4.69, 9.17) is 0 Å². The van der Waals surface area contributed by atoms with Crippen LogP contribution < -0.4 is 0 Å². The summed E-state index contributed by atoms with van der Waals surface area (Å²) in [5, 5.41) is 9.22. The molecule has 1 rings (SSSR count). The zero-order valence-electron chi connectivity index (χ0n) is 11.4. The molecule has 1 unspecified atom stereocenters. The minimum Gasteiger partial charge on any atom is -0.395 e. The average molecular weight is 258 g/mol. The summed E-state index contributed by atoms with van der Waals surface area (Å²) < 4.78 is 13.5. The third-order valence-electron chi connectivity index (χ3n) is 3.43. The van der Waals surface area contributed by atoms with Gasteiger partial charge < -0.3 is 10.0 Å². The standard InChI is InChI=1S/C13H23FN2O2/c1-4-11(9-17)15-5-7-16(8-6-15)13(18)12(14)10(2)3/h11,17H,4-9H2,1-3H3. The molecule has 4 nitrogen and oxygen atoms in total. The number of piperazine rings is 1. The Hall–Kier alpha value is -0.940. The van der Waals surface area contributed by atoms with Gasteiger partial charge >= 0.3 is 0 Å². The molecule has 0 aromatic heterocycles. The van der Waals surface area contributed by atoms with Gasteiger partial charge in [0.1, 0.15) is 0 Å². The molecular weight excluding hydrogens is 235 g/mol. The number of amides is 1. The molecule has 1 aliphatic heterocycles. The van der Waals surface area contributed by atoms with Crippen LogP contribution in [0.5, 0.6) is 0 Å². The first kappa shape index (κ1) is 15.1. The highest BCUT2D eigenvalue weighted by molar-refractivity contribution is 5.91. The molecule has 1 fully saturated rings. The summed E-state index contributed by atoms with van der Waals surface area (Å²) >= 11 is 0. The molecule has 0 saturated carbocycles. The van der Waals surface area contributed by atoms with Gasteiger partial charge in [-0.1, -0.05) is 6.92 Å². The predicted molar refractivity (Wildman–Crippen MR) is 68.8 cm³/mol. The summed E-state index contributed by atoms with van der Waals surface area (Å²) in [5.41, 5.74) is 0.421. The Morgan fingerprint density at radius 2 is 1.83 bits per heavy atom. The topological polar surface area (TPSA) is 43.8 Å². The van der Waals surface area contributed by atoms with Gasteiger partial charge in [-0.05, 0) is 25.8 Å². The van der Waals surface area contributed by atoms with Crippen molar-refractivity contribution in [3.63, 3.8) is 0 Å². The van der Waals surface area contributed by atoms with Crippen LogP contribution in [-0.4, -0.2) is 59.6 Å². The average Bonchev–Trinajstić information content (AvgIpc) is 2.39. The highest BCUT2D eigenvalue weighted by Crippen LogP contribution is 2.14. The zero-order chi connectivity index (χ0) is 13.7. The number of halogens is 1. The van der Waals surface area contributed by atoms with Crippen molar-refractivity contribution in [2.45, 2.75) is 33.2 Å². The summed E-state index contributed by atoms with van der Waals surface area (Å²) in [7, 11) is 0. The van der Waals surface area contributed by atoms with Gasteiger partial charge in [-0.15, -0.1) is 0 Å². The minimum absolute atomic E-state index is 0.132. The molecule has 0 bridgehead atoms. The molecule has 1 atom stereocenters. The Bertz CT molecular complexity index is 315. The molecule has 1 aliphatic rings. The van der Waals surface area contributed by atoms with Crippen LogP contribution in [0.3, 0.4) is 0 Å². The summed E-state index contributed by atoms with van der Waals surface area (Å²) in [6.07, 6.45) is 0.882. The molecule has 1 N–H and O–H groups in total. The molecule has 18 heavy (non-hydrogen) atoms. The van der Waals surface area contributed by atoms with Gasteiger partial charge in [0, 0.05) is 32.2 Å². The van der Waals surface area contributed by atoms with E-state index in [1.807, 2.05) is 6.92 Å². The van der Waals surface area contributed by atoms with E-state index in [0.29, 0.717) is 31.8 Å². The number of nitrogens with zero attached hydrogens (tertiary/aromatic N) is 2. The van der Waals surface area contributed by atoms with Crippen molar-refractivity contribution in [3.05, 3.63) is 11.4 Å². The fourth-order valence-electron chi connectivity index (χ4n) is 2.15. The molecule has 5 heteroatoms. The Labute approximate surface area is 108 Å². The molecule has 0 aromatic rings. The van der Waals surface area contributed by atoms with Crippen molar-refractivity contribution in [1.29, 1.82) is 0 Å². The molecule has 1 saturated heterocycles. The fourth-order valence-corrected chi connectivity index (χ4v) is 2.15. The smallest absolute Gasteiger partial charge is 0.282 e. The van der Waals surface area contributed by atoms with Crippen molar-refractivity contribution in [1.82, 2.24) is 9.80 Å². The first-order valence-electron chi connectivity index (χ1n) is 6.48. The quantitative estimate of drug-likeness (QED) is 0.770. The largest absolute Gasteiger partial charge is 0.395 e. The van der Waals surface area contributed by atoms with Crippen LogP contribution in [0.25, 0.3) is 0 Å². The first-order valence-corrected chi connectivity index (χ1v) is 6.48. The molecule has 0 aliphatic carbocycles. The van der Waals surface area contributed by atoms with Crippen molar-refractivity contribution in [3.8, 4) is 0 Å². The monoisotopic (exact) mass is 258 g/mol. The second kappa shape index (κ2) is 6.85. The minimum atomic E-state index is -0.641. The van der Waals surface area contributed by atoms with E-state index < -0.39 is 11.7 Å². The molecule has 1 heterocycles. The van der Waals surface area contributed by atoms with E-state index in [1.54, 1.807) is 18.7 Å². The van der Waals surface area contributed by atoms with Gasteiger partial charge in [0.15, 0.2) is 5.83 Å². The van der Waals surface area contributed by atoms with E-state index in [1.165, 1.54) is 0 Å². The van der Waals surface area contributed by atoms with Gasteiger partial charge in [0.25, 0.3) is 5.91 Å². The lowest BCUT2D eigenvalue weighted by Crippen LogP contribution is -2.52. The number of hydrogen-bond acceptors (Lipinski definition) is 3. The maximum Gasteiger partial charge on any atom is 0.282 e. The Morgan fingerprint density at radius 3 is 2.22 bits per heavy atom. The number of aliphatic hydroxyl groups is 1. The lowest BCUT2D eigenvalue weighted by atomic mass is 10.1. The second-order valence-electron chi connectivity index (χ2n) is 4.89. The van der Waals surface area contributed by atoms with Gasteiger partial charge in [-0.3, -0.25) is 9.69 Å². The number of carbonyl (C=O) groups is 1. The molecular formula is C13H23FN2O2. The number of hydrogen-bond donors (Lipinski definition) is 1. The van der Waals surface area contributed by atoms with Crippen molar-refractivity contribution < 1.29 is 14.3 Å². The van der Waals surface area contributed by atoms with E-state index >= 15 is 0 Å². The maximum absolute atomic E-state index is 13.5. The number of aliphatic hydroxyl groups excluding tert-OH is 1. The van der Waals surface area contributed by atoms with Crippen LogP contribution in [0.15, 0.2) is 11.4 Å². The number of allylic oxidation sites excluding steroid dienone is 1. The number of rotatable bonds is 4. The first-order chi connectivity index (χ1) is 8.51. The van der Waals surface area contributed by atoms with Crippen molar-refractivity contribution in [2.75, 3.05) is 32.8 Å². The van der Waals surface area contributed by atoms with Gasteiger partial charge in [0.2, 0.25) is 0 Å². The molecule has 0 radical (unpaired) electrons. The van der Waals surface area contributed by atoms with Crippen LogP contribution in [0.4, 0.5) is 4.39 Å². The predicted octanol–water partition coefficient (Wildman–Crippen LogP) is 1.16. The Kier molecular flexibility index (Phi) is 5.75. The number of carbonyl (C=O) groups excluding carboxylic acids is 1. The van der Waals surface area contributed by atoms with E-state index in [9.17, 15) is 14.3 Å². The van der Waals surface area contributed by atoms with Gasteiger partial charge in [0.05, 0.1) is 6.61 Å². The van der Waals surface area contributed by atoms with Crippen LogP contribution in [0.2, 0.25) is 0 Å². The Morgan fingerprint density at radius 1 is 1.28 bits per heavy atom. The summed E-state index contributed by atoms with van der Waals surface area (Å²) in [4.78, 5) is 15.5. The molecule has 0 aromatic carbocycles. The fraction of sp³-hybridized carbons (Fsp3) is 0.769. The zero-order valence-corrected chi connectivity index (χ0v) is 11.4. The lowest BCUT2D eigenvalue weighted by Gasteiger charge is -2.38. The summed E-state index contributed by atoms with van der Waals surface area (Å²) in [6, 6.07) is 0.149. The van der Waals surface area contributed by atoms with Crippen LogP contribution in [0, 0.1) is 0 Å². The third kappa shape index (κ3) is 3.53. The third-order valence-corrected chi connectivity index (χ3v) is 3.43. The maximum atomic E-state index is 13.5. The summed E-state index contributed by atoms with van der Waals surface area (Å²) in [6.45, 7) is 7.80. The summed E-state index contributed by atoms with van der Waals surface area (Å²) in [5.74, 6) is -1.15. The van der Waals surface area contributed by atoms with Crippen LogP contribution in [-0.2, 0) is 4.79 Å². The van der Waals surface area contributed by atoms with E-state index in [0.717, 1.165) is 6.42 Å². The van der Waals surface area contributed by atoms with Crippen LogP contribution in [0.1, 0.15) is 27.2 Å². The van der Waals surface area contributed by atoms with Crippen molar-refractivity contribution >= 4 is 5.91 Å². The van der Waals surface area contributed by atoms with Gasteiger partial charge in [-0.2, -0.15) is 0 Å². The second-order valence-corrected chi connectivity index (χ2v) is 4.89.